The van der Waals surface area contributed by atoms with Gasteiger partial charge in [0.15, 0.2) is 0 Å². The molecule has 0 saturated carbocycles. The molecule has 1 aromatic rings. The van der Waals surface area contributed by atoms with Crippen molar-refractivity contribution in [3.05, 3.63) is 35.4 Å². The molecule has 7 heteroatoms. The molecule has 0 radical (unpaired) electrons. The highest BCUT2D eigenvalue weighted by atomic mass is 16.5. The van der Waals surface area contributed by atoms with Crippen LogP contribution >= 0.6 is 0 Å². The van der Waals surface area contributed by atoms with Gasteiger partial charge >= 0.3 is 0 Å². The maximum atomic E-state index is 12.5. The molecular formula is C19H27N3O4. The Bertz CT molecular complexity index is 614. The van der Waals surface area contributed by atoms with Crippen LogP contribution in [0.1, 0.15) is 35.2 Å². The summed E-state index contributed by atoms with van der Waals surface area (Å²) in [5, 5.41) is 3.00. The monoisotopic (exact) mass is 361 g/mol. The fourth-order valence-corrected chi connectivity index (χ4v) is 3.44. The molecule has 2 atom stereocenters. The standard InChI is InChI=1S/C19H27N3O4/c20-18(23)13-26-17-12-25-10-7-16(17)21-19(24)15-5-3-14(4-6-15)11-22-8-1-2-9-22/h3-6,16-17H,1-2,7-13H2,(H2,20,23)(H,21,24)/t16-,17-/m1/s1. The number of hydrogen-bond donors (Lipinski definition) is 2. The number of amides is 2. The molecule has 0 bridgehead atoms. The molecular weight excluding hydrogens is 334 g/mol. The molecule has 2 aliphatic rings. The molecule has 0 spiro atoms. The Kier molecular flexibility index (Phi) is 6.60. The average Bonchev–Trinajstić information content (AvgIpc) is 3.14. The molecule has 0 aliphatic carbocycles. The first kappa shape index (κ1) is 18.8. The largest absolute Gasteiger partial charge is 0.379 e. The normalized spacial score (nSPS) is 23.7. The van der Waals surface area contributed by atoms with E-state index in [4.69, 9.17) is 15.2 Å². The Morgan fingerprint density at radius 3 is 2.65 bits per heavy atom. The van der Waals surface area contributed by atoms with Gasteiger partial charge in [-0.15, -0.1) is 0 Å². The van der Waals surface area contributed by atoms with Gasteiger partial charge in [-0.1, -0.05) is 12.1 Å². The van der Waals surface area contributed by atoms with Crippen LogP contribution in [-0.4, -0.2) is 61.8 Å². The number of nitrogens with zero attached hydrogens (tertiary/aromatic N) is 1. The highest BCUT2D eigenvalue weighted by molar-refractivity contribution is 5.94. The molecule has 2 amide bonds. The Balaban J connectivity index is 1.54. The lowest BCUT2D eigenvalue weighted by Gasteiger charge is -2.31. The lowest BCUT2D eigenvalue weighted by Crippen LogP contribution is -2.50. The molecule has 2 heterocycles. The molecule has 3 rings (SSSR count). The minimum atomic E-state index is -0.533. The number of rotatable bonds is 7. The van der Waals surface area contributed by atoms with Crippen LogP contribution in [-0.2, 0) is 20.8 Å². The van der Waals surface area contributed by atoms with Crippen LogP contribution < -0.4 is 11.1 Å². The lowest BCUT2D eigenvalue weighted by atomic mass is 10.0. The summed E-state index contributed by atoms with van der Waals surface area (Å²) in [6.45, 7) is 3.96. The van der Waals surface area contributed by atoms with Gasteiger partial charge < -0.3 is 20.5 Å². The van der Waals surface area contributed by atoms with Crippen LogP contribution in [0.5, 0.6) is 0 Å². The van der Waals surface area contributed by atoms with Crippen molar-refractivity contribution in [2.45, 2.75) is 38.0 Å². The Morgan fingerprint density at radius 1 is 1.23 bits per heavy atom. The second kappa shape index (κ2) is 9.12. The summed E-state index contributed by atoms with van der Waals surface area (Å²) < 4.78 is 10.8. The Hall–Kier alpha value is -1.96. The number of primary amides is 1. The number of carbonyl (C=O) groups excluding carboxylic acids is 2. The van der Waals surface area contributed by atoms with Gasteiger partial charge in [0.05, 0.1) is 12.6 Å². The van der Waals surface area contributed by atoms with Gasteiger partial charge in [-0.25, -0.2) is 0 Å². The van der Waals surface area contributed by atoms with Crippen molar-refractivity contribution in [3.8, 4) is 0 Å². The summed E-state index contributed by atoms with van der Waals surface area (Å²) in [4.78, 5) is 25.9. The Morgan fingerprint density at radius 2 is 1.96 bits per heavy atom. The van der Waals surface area contributed by atoms with Crippen molar-refractivity contribution in [1.82, 2.24) is 10.2 Å². The predicted molar refractivity (Wildman–Crippen MR) is 96.6 cm³/mol. The highest BCUT2D eigenvalue weighted by Gasteiger charge is 2.28. The van der Waals surface area contributed by atoms with Crippen molar-refractivity contribution in [1.29, 1.82) is 0 Å². The summed E-state index contributed by atoms with van der Waals surface area (Å²) in [7, 11) is 0. The number of likely N-dealkylation sites (tertiary alicyclic amines) is 1. The maximum Gasteiger partial charge on any atom is 0.251 e. The third-order valence-electron chi connectivity index (χ3n) is 4.88. The van der Waals surface area contributed by atoms with Gasteiger partial charge in [0.1, 0.15) is 12.7 Å². The SMILES string of the molecule is NC(=O)CO[C@@H]1COCC[C@H]1NC(=O)c1ccc(CN2CCCC2)cc1. The molecule has 2 fully saturated rings. The third kappa shape index (κ3) is 5.27. The molecule has 2 aliphatic heterocycles. The van der Waals surface area contributed by atoms with E-state index in [0.717, 1.165) is 19.6 Å². The molecule has 2 saturated heterocycles. The van der Waals surface area contributed by atoms with Gasteiger partial charge in [-0.2, -0.15) is 0 Å². The van der Waals surface area contributed by atoms with Crippen LogP contribution in [0.25, 0.3) is 0 Å². The number of ether oxygens (including phenoxy) is 2. The lowest BCUT2D eigenvalue weighted by molar-refractivity contribution is -0.129. The van der Waals surface area contributed by atoms with Crippen molar-refractivity contribution >= 4 is 11.8 Å². The zero-order valence-electron chi connectivity index (χ0n) is 15.0. The van der Waals surface area contributed by atoms with E-state index in [9.17, 15) is 9.59 Å². The zero-order valence-corrected chi connectivity index (χ0v) is 15.0. The van der Waals surface area contributed by atoms with Gasteiger partial charge in [-0.3, -0.25) is 14.5 Å². The number of benzene rings is 1. The third-order valence-corrected chi connectivity index (χ3v) is 4.88. The van der Waals surface area contributed by atoms with Crippen molar-refractivity contribution in [3.63, 3.8) is 0 Å². The molecule has 0 aromatic heterocycles. The summed E-state index contributed by atoms with van der Waals surface area (Å²) in [6, 6.07) is 7.55. The second-order valence-corrected chi connectivity index (χ2v) is 6.94. The predicted octanol–water partition coefficient (Wildman–Crippen LogP) is 0.672. The van der Waals surface area contributed by atoms with E-state index < -0.39 is 5.91 Å². The minimum absolute atomic E-state index is 0.141. The van der Waals surface area contributed by atoms with E-state index in [0.29, 0.717) is 25.2 Å². The fraction of sp³-hybridized carbons (Fsp3) is 0.579. The number of nitrogens with two attached hydrogens (primary N) is 1. The first-order valence-corrected chi connectivity index (χ1v) is 9.21. The molecule has 1 aromatic carbocycles. The van der Waals surface area contributed by atoms with Crippen LogP contribution in [0.15, 0.2) is 24.3 Å². The molecule has 0 unspecified atom stereocenters. The van der Waals surface area contributed by atoms with E-state index in [1.54, 1.807) is 0 Å². The molecule has 3 N–H and O–H groups in total. The van der Waals surface area contributed by atoms with Gasteiger partial charge in [-0.05, 0) is 50.0 Å². The topological polar surface area (TPSA) is 93.9 Å². The van der Waals surface area contributed by atoms with Crippen LogP contribution in [0.4, 0.5) is 0 Å². The van der Waals surface area contributed by atoms with Gasteiger partial charge in [0.2, 0.25) is 5.91 Å². The van der Waals surface area contributed by atoms with E-state index >= 15 is 0 Å². The van der Waals surface area contributed by atoms with Gasteiger partial charge in [0.25, 0.3) is 5.91 Å². The summed E-state index contributed by atoms with van der Waals surface area (Å²) in [6.07, 6.45) is 2.81. The Labute approximate surface area is 153 Å². The first-order chi connectivity index (χ1) is 12.6. The number of carbonyl (C=O) groups is 2. The second-order valence-electron chi connectivity index (χ2n) is 6.94. The summed E-state index contributed by atoms with van der Waals surface area (Å²) >= 11 is 0. The van der Waals surface area contributed by atoms with Crippen molar-refractivity contribution in [2.24, 2.45) is 5.73 Å². The van der Waals surface area contributed by atoms with E-state index in [2.05, 4.69) is 10.2 Å². The van der Waals surface area contributed by atoms with Crippen molar-refractivity contribution < 1.29 is 19.1 Å². The van der Waals surface area contributed by atoms with Crippen LogP contribution in [0.2, 0.25) is 0 Å². The average molecular weight is 361 g/mol. The number of hydrogen-bond acceptors (Lipinski definition) is 5. The highest BCUT2D eigenvalue weighted by Crippen LogP contribution is 2.15. The number of nitrogens with one attached hydrogen (secondary N) is 1. The molecule has 142 valence electrons. The van der Waals surface area contributed by atoms with Crippen molar-refractivity contribution in [2.75, 3.05) is 32.9 Å². The zero-order chi connectivity index (χ0) is 18.4. The summed E-state index contributed by atoms with van der Waals surface area (Å²) in [5.74, 6) is -0.675. The van der Waals surface area contributed by atoms with Crippen LogP contribution in [0.3, 0.4) is 0 Å². The molecule has 26 heavy (non-hydrogen) atoms. The fourth-order valence-electron chi connectivity index (χ4n) is 3.44. The minimum Gasteiger partial charge on any atom is -0.379 e. The van der Waals surface area contributed by atoms with Gasteiger partial charge in [0, 0.05) is 18.7 Å². The summed E-state index contributed by atoms with van der Waals surface area (Å²) in [5.41, 5.74) is 6.96. The maximum absolute atomic E-state index is 12.5. The smallest absolute Gasteiger partial charge is 0.251 e. The van der Waals surface area contributed by atoms with Crippen LogP contribution in [0, 0.1) is 0 Å². The van der Waals surface area contributed by atoms with E-state index in [1.807, 2.05) is 24.3 Å². The quantitative estimate of drug-likeness (QED) is 0.745. The first-order valence-electron chi connectivity index (χ1n) is 9.21. The molecule has 7 nitrogen and oxygen atoms in total. The van der Waals surface area contributed by atoms with E-state index in [1.165, 1.54) is 18.4 Å². The van der Waals surface area contributed by atoms with E-state index in [-0.39, 0.29) is 24.7 Å².